The zero-order valence-corrected chi connectivity index (χ0v) is 10.00. The largest absolute Gasteiger partial charge is 0.457 e. The monoisotopic (exact) mass is 239 g/mol. The zero-order chi connectivity index (χ0) is 12.5. The first kappa shape index (κ1) is 10.7. The van der Waals surface area contributed by atoms with Crippen LogP contribution in [0.25, 0.3) is 11.0 Å². The number of fused-ring (bicyclic) bond motifs is 1. The van der Waals surface area contributed by atoms with Gasteiger partial charge in [0.2, 0.25) is 0 Å². The summed E-state index contributed by atoms with van der Waals surface area (Å²) in [4.78, 5) is 4.32. The van der Waals surface area contributed by atoms with Crippen LogP contribution in [0.15, 0.2) is 48.8 Å². The van der Waals surface area contributed by atoms with E-state index in [9.17, 15) is 0 Å². The Balaban J connectivity index is 2.02. The summed E-state index contributed by atoms with van der Waals surface area (Å²) < 4.78 is 7.81. The molecule has 0 unspecified atom stereocenters. The van der Waals surface area contributed by atoms with Crippen molar-refractivity contribution in [2.24, 2.45) is 7.05 Å². The molecule has 1 aromatic carbocycles. The van der Waals surface area contributed by atoms with Crippen LogP contribution < -0.4 is 10.5 Å². The maximum absolute atomic E-state index is 5.85. The Kier molecular flexibility index (Phi) is 2.41. The van der Waals surface area contributed by atoms with Crippen LogP contribution in [0.5, 0.6) is 11.5 Å². The van der Waals surface area contributed by atoms with Crippen LogP contribution in [0, 0.1) is 0 Å². The van der Waals surface area contributed by atoms with E-state index in [4.69, 9.17) is 10.5 Å². The maximum atomic E-state index is 5.85. The highest BCUT2D eigenvalue weighted by atomic mass is 16.5. The third kappa shape index (κ3) is 1.78. The molecule has 0 radical (unpaired) electrons. The number of anilines is 1. The molecule has 0 atom stereocenters. The van der Waals surface area contributed by atoms with E-state index in [2.05, 4.69) is 4.98 Å². The summed E-state index contributed by atoms with van der Waals surface area (Å²) in [6.07, 6.45) is 3.71. The van der Waals surface area contributed by atoms with E-state index in [1.165, 1.54) is 0 Å². The number of pyridine rings is 1. The first-order chi connectivity index (χ1) is 8.74. The third-order valence-corrected chi connectivity index (χ3v) is 2.84. The molecular weight excluding hydrogens is 226 g/mol. The molecule has 2 aromatic heterocycles. The maximum Gasteiger partial charge on any atom is 0.143 e. The highest BCUT2D eigenvalue weighted by Gasteiger charge is 2.06. The lowest BCUT2D eigenvalue weighted by atomic mass is 10.3. The van der Waals surface area contributed by atoms with E-state index in [1.807, 2.05) is 54.2 Å². The summed E-state index contributed by atoms with van der Waals surface area (Å²) in [6, 6.07) is 11.2. The number of aryl methyl sites for hydroxylation is 1. The topological polar surface area (TPSA) is 53.1 Å². The molecule has 0 aliphatic carbocycles. The molecule has 0 saturated carbocycles. The van der Waals surface area contributed by atoms with Crippen LogP contribution in [0.2, 0.25) is 0 Å². The minimum Gasteiger partial charge on any atom is -0.457 e. The van der Waals surface area contributed by atoms with Gasteiger partial charge in [-0.2, -0.15) is 0 Å². The lowest BCUT2D eigenvalue weighted by molar-refractivity contribution is 0.488. The van der Waals surface area contributed by atoms with Gasteiger partial charge in [-0.1, -0.05) is 0 Å². The number of nitrogen functional groups attached to an aromatic ring is 1. The molecule has 0 saturated heterocycles. The van der Waals surface area contributed by atoms with E-state index in [0.717, 1.165) is 28.2 Å². The van der Waals surface area contributed by atoms with Gasteiger partial charge in [0.05, 0.1) is 5.39 Å². The Morgan fingerprint density at radius 2 is 1.89 bits per heavy atom. The summed E-state index contributed by atoms with van der Waals surface area (Å²) in [5, 5.41) is 0.997. The molecule has 2 heterocycles. The van der Waals surface area contributed by atoms with Crippen LogP contribution in [0.3, 0.4) is 0 Å². The van der Waals surface area contributed by atoms with E-state index in [1.54, 1.807) is 6.20 Å². The van der Waals surface area contributed by atoms with Gasteiger partial charge in [-0.15, -0.1) is 0 Å². The number of ether oxygens (including phenoxy) is 1. The van der Waals surface area contributed by atoms with Crippen molar-refractivity contribution in [2.75, 3.05) is 5.73 Å². The number of rotatable bonds is 2. The van der Waals surface area contributed by atoms with Crippen molar-refractivity contribution in [1.29, 1.82) is 0 Å². The normalized spacial score (nSPS) is 10.7. The van der Waals surface area contributed by atoms with Gasteiger partial charge in [0.15, 0.2) is 0 Å². The molecule has 2 N–H and O–H groups in total. The quantitative estimate of drug-likeness (QED) is 0.699. The number of benzene rings is 1. The Morgan fingerprint density at radius 3 is 2.67 bits per heavy atom. The van der Waals surface area contributed by atoms with E-state index in [-0.39, 0.29) is 0 Å². The van der Waals surface area contributed by atoms with E-state index < -0.39 is 0 Å². The molecular formula is C14H13N3O. The molecule has 18 heavy (non-hydrogen) atoms. The average molecular weight is 239 g/mol. The van der Waals surface area contributed by atoms with Crippen LogP contribution in [-0.4, -0.2) is 9.55 Å². The van der Waals surface area contributed by atoms with Crippen molar-refractivity contribution >= 4 is 16.7 Å². The summed E-state index contributed by atoms with van der Waals surface area (Å²) in [7, 11) is 1.96. The fourth-order valence-electron chi connectivity index (χ4n) is 1.89. The van der Waals surface area contributed by atoms with Crippen LogP contribution in [-0.2, 0) is 7.05 Å². The summed E-state index contributed by atoms with van der Waals surface area (Å²) in [6.45, 7) is 0. The molecule has 4 heteroatoms. The molecule has 0 spiro atoms. The molecule has 3 aromatic rings. The second kappa shape index (κ2) is 4.07. The minimum absolute atomic E-state index is 0.724. The fourth-order valence-corrected chi connectivity index (χ4v) is 1.89. The predicted octanol–water partition coefficient (Wildman–Crippen LogP) is 2.95. The van der Waals surface area contributed by atoms with Gasteiger partial charge in [0.25, 0.3) is 0 Å². The Morgan fingerprint density at radius 1 is 1.11 bits per heavy atom. The average Bonchev–Trinajstić information content (AvgIpc) is 2.76. The number of hydrogen-bond donors (Lipinski definition) is 1. The van der Waals surface area contributed by atoms with Crippen molar-refractivity contribution in [3.8, 4) is 11.5 Å². The van der Waals surface area contributed by atoms with Crippen LogP contribution in [0.1, 0.15) is 0 Å². The second-order valence-corrected chi connectivity index (χ2v) is 4.14. The van der Waals surface area contributed by atoms with Crippen LogP contribution >= 0.6 is 0 Å². The molecule has 0 amide bonds. The molecule has 0 aliphatic heterocycles. The van der Waals surface area contributed by atoms with Gasteiger partial charge < -0.3 is 15.0 Å². The Hall–Kier alpha value is -2.49. The molecule has 0 bridgehead atoms. The number of nitrogens with two attached hydrogens (primary N) is 1. The molecule has 4 nitrogen and oxygen atoms in total. The van der Waals surface area contributed by atoms with E-state index in [0.29, 0.717) is 0 Å². The van der Waals surface area contributed by atoms with Crippen molar-refractivity contribution in [1.82, 2.24) is 9.55 Å². The van der Waals surface area contributed by atoms with Gasteiger partial charge >= 0.3 is 0 Å². The Bertz CT molecular complexity index is 686. The predicted molar refractivity (Wildman–Crippen MR) is 71.6 cm³/mol. The summed E-state index contributed by atoms with van der Waals surface area (Å²) in [5.74, 6) is 1.56. The van der Waals surface area contributed by atoms with E-state index >= 15 is 0 Å². The summed E-state index contributed by atoms with van der Waals surface area (Å²) >= 11 is 0. The highest BCUT2D eigenvalue weighted by Crippen LogP contribution is 2.29. The molecule has 3 rings (SSSR count). The zero-order valence-electron chi connectivity index (χ0n) is 10.00. The second-order valence-electron chi connectivity index (χ2n) is 4.14. The number of nitrogens with zero attached hydrogens (tertiary/aromatic N) is 2. The summed E-state index contributed by atoms with van der Waals surface area (Å²) in [5.41, 5.74) is 7.27. The van der Waals surface area contributed by atoms with Crippen molar-refractivity contribution in [3.05, 3.63) is 48.8 Å². The molecule has 0 fully saturated rings. The molecule has 90 valence electrons. The number of hydrogen-bond acceptors (Lipinski definition) is 3. The van der Waals surface area contributed by atoms with Crippen molar-refractivity contribution < 1.29 is 4.74 Å². The molecule has 0 aliphatic rings. The lowest BCUT2D eigenvalue weighted by Gasteiger charge is -2.07. The first-order valence-corrected chi connectivity index (χ1v) is 5.67. The van der Waals surface area contributed by atoms with Gasteiger partial charge in [-0.05, 0) is 36.4 Å². The highest BCUT2D eigenvalue weighted by molar-refractivity contribution is 5.83. The number of aromatic nitrogens is 2. The fraction of sp³-hybridized carbons (Fsp3) is 0.0714. The van der Waals surface area contributed by atoms with Gasteiger partial charge in [0, 0.05) is 25.1 Å². The van der Waals surface area contributed by atoms with Crippen molar-refractivity contribution in [3.63, 3.8) is 0 Å². The first-order valence-electron chi connectivity index (χ1n) is 5.67. The SMILES string of the molecule is Cn1ccc2c(Oc3ccc(N)cc3)ccnc21. The Labute approximate surface area is 105 Å². The van der Waals surface area contributed by atoms with Gasteiger partial charge in [-0.25, -0.2) is 4.98 Å². The minimum atomic E-state index is 0.724. The van der Waals surface area contributed by atoms with Gasteiger partial charge in [0.1, 0.15) is 17.1 Å². The third-order valence-electron chi connectivity index (χ3n) is 2.84. The van der Waals surface area contributed by atoms with Crippen LogP contribution in [0.4, 0.5) is 5.69 Å². The standard InChI is InChI=1S/C14H13N3O/c1-17-9-7-12-13(6-8-16-14(12)17)18-11-4-2-10(15)3-5-11/h2-9H,15H2,1H3. The van der Waals surface area contributed by atoms with Gasteiger partial charge in [-0.3, -0.25) is 0 Å². The smallest absolute Gasteiger partial charge is 0.143 e. The lowest BCUT2D eigenvalue weighted by Crippen LogP contribution is -1.90. The van der Waals surface area contributed by atoms with Crippen molar-refractivity contribution in [2.45, 2.75) is 0 Å².